The molecule has 0 bridgehead atoms. The fraction of sp³-hybridized carbons (Fsp3) is 0.200. The predicted octanol–water partition coefficient (Wildman–Crippen LogP) is 6.77. The molecule has 1 N–H and O–H groups in total. The fourth-order valence-corrected chi connectivity index (χ4v) is 4.60. The first-order valence-corrected chi connectivity index (χ1v) is 12.5. The summed E-state index contributed by atoms with van der Waals surface area (Å²) in [4.78, 5) is 11.7. The van der Waals surface area contributed by atoms with Crippen molar-refractivity contribution in [3.05, 3.63) is 106 Å². The minimum Gasteiger partial charge on any atom is -0.463 e. The first-order valence-electron chi connectivity index (χ1n) is 12.2. The lowest BCUT2D eigenvalue weighted by molar-refractivity contribution is -0.137. The number of fused-ring (bicyclic) bond motifs is 1. The average Bonchev–Trinajstić information content (AvgIpc) is 3.29. The third kappa shape index (κ3) is 6.16. The first-order chi connectivity index (χ1) is 17.9. The molecule has 5 nitrogen and oxygen atoms in total. The van der Waals surface area contributed by atoms with E-state index in [0.717, 1.165) is 44.3 Å². The van der Waals surface area contributed by atoms with E-state index in [1.165, 1.54) is 18.2 Å². The van der Waals surface area contributed by atoms with Crippen molar-refractivity contribution in [1.29, 1.82) is 0 Å². The van der Waals surface area contributed by atoms with Crippen molar-refractivity contribution >= 4 is 45.7 Å². The van der Waals surface area contributed by atoms with Gasteiger partial charge in [-0.15, -0.1) is 0 Å². The van der Waals surface area contributed by atoms with Crippen LogP contribution in [0.1, 0.15) is 42.5 Å². The van der Waals surface area contributed by atoms with Gasteiger partial charge in [-0.05, 0) is 77.1 Å². The van der Waals surface area contributed by atoms with E-state index in [1.54, 1.807) is 23.7 Å². The highest BCUT2D eigenvalue weighted by Crippen LogP contribution is 2.38. The van der Waals surface area contributed by atoms with Gasteiger partial charge in [0.05, 0.1) is 30.3 Å². The molecule has 0 aliphatic carbocycles. The molecule has 4 rings (SSSR count). The van der Waals surface area contributed by atoms with E-state index >= 15 is 0 Å². The number of hydrogen-bond acceptors (Lipinski definition) is 4. The largest absolute Gasteiger partial charge is 0.463 e. The molecular weight excluding hydrogens is 491 g/mol. The van der Waals surface area contributed by atoms with E-state index in [9.17, 15) is 14.3 Å². The minimum atomic E-state index is -0.388. The molecule has 37 heavy (non-hydrogen) atoms. The van der Waals surface area contributed by atoms with Crippen LogP contribution in [-0.4, -0.2) is 34.1 Å². The second kappa shape index (κ2) is 12.0. The van der Waals surface area contributed by atoms with Gasteiger partial charge in [-0.2, -0.15) is 5.10 Å². The van der Waals surface area contributed by atoms with Crippen molar-refractivity contribution in [1.82, 2.24) is 9.78 Å². The topological polar surface area (TPSA) is 64.3 Å². The number of rotatable bonds is 9. The molecule has 0 aliphatic rings. The summed E-state index contributed by atoms with van der Waals surface area (Å²) in [6.07, 6.45) is 5.69. The fourth-order valence-electron chi connectivity index (χ4n) is 4.32. The number of allylic oxidation sites excluding steroid dienone is 1. The number of esters is 1. The molecule has 0 unspecified atom stereocenters. The molecule has 190 valence electrons. The summed E-state index contributed by atoms with van der Waals surface area (Å²) in [7, 11) is 0. The Kier molecular flexibility index (Phi) is 8.54. The van der Waals surface area contributed by atoms with E-state index in [-0.39, 0.29) is 18.4 Å². The summed E-state index contributed by atoms with van der Waals surface area (Å²) in [5.74, 6) is -0.775. The maximum atomic E-state index is 13.9. The number of hydrogen-bond donors (Lipinski definition) is 1. The van der Waals surface area contributed by atoms with E-state index in [1.807, 2.05) is 49.5 Å². The van der Waals surface area contributed by atoms with Crippen molar-refractivity contribution in [3.8, 4) is 0 Å². The molecule has 3 aromatic carbocycles. The number of aliphatic hydroxyl groups excluding tert-OH is 1. The van der Waals surface area contributed by atoms with Crippen LogP contribution in [0.2, 0.25) is 5.02 Å². The van der Waals surface area contributed by atoms with Crippen LogP contribution in [-0.2, 0) is 16.1 Å². The maximum Gasteiger partial charge on any atom is 0.330 e. The maximum absolute atomic E-state index is 13.9. The minimum absolute atomic E-state index is 0.00596. The van der Waals surface area contributed by atoms with Crippen molar-refractivity contribution in [2.24, 2.45) is 0 Å². The van der Waals surface area contributed by atoms with Gasteiger partial charge in [-0.3, -0.25) is 4.68 Å². The van der Waals surface area contributed by atoms with Crippen LogP contribution < -0.4 is 0 Å². The summed E-state index contributed by atoms with van der Waals surface area (Å²) in [5, 5.41) is 15.1. The number of aliphatic hydroxyl groups is 1. The Morgan fingerprint density at radius 3 is 2.51 bits per heavy atom. The van der Waals surface area contributed by atoms with Crippen LogP contribution in [0.15, 0.2) is 72.9 Å². The van der Waals surface area contributed by atoms with E-state index in [4.69, 9.17) is 16.3 Å². The van der Waals surface area contributed by atoms with E-state index < -0.39 is 0 Å². The van der Waals surface area contributed by atoms with Crippen molar-refractivity contribution < 1.29 is 19.0 Å². The molecule has 1 heterocycles. The number of halogens is 2. The van der Waals surface area contributed by atoms with Crippen LogP contribution in [0.5, 0.6) is 0 Å². The molecule has 4 aromatic rings. The summed E-state index contributed by atoms with van der Waals surface area (Å²) in [5.41, 5.74) is 6.30. The van der Waals surface area contributed by atoms with Crippen LogP contribution >= 0.6 is 11.6 Å². The normalized spacial score (nSPS) is 12.2. The molecule has 0 spiro atoms. The van der Waals surface area contributed by atoms with Crippen LogP contribution in [0, 0.1) is 5.82 Å². The van der Waals surface area contributed by atoms with Gasteiger partial charge < -0.3 is 9.84 Å². The van der Waals surface area contributed by atoms with Crippen LogP contribution in [0.3, 0.4) is 0 Å². The zero-order chi connectivity index (χ0) is 26.4. The van der Waals surface area contributed by atoms with Crippen molar-refractivity contribution in [2.45, 2.75) is 26.8 Å². The standard InChI is InChI=1S/C30H28ClFN2O3/c1-3-25(26-12-11-24(32)18-27(26)31)30(21-8-5-20(6-9-21)7-14-29(36)37-4-2)22-10-13-28-23(17-22)19-34(33-28)15-16-35/h5-14,17-19,35H,3-4,15-16H2,1-2H3. The number of ether oxygens (including phenoxy) is 1. The smallest absolute Gasteiger partial charge is 0.330 e. The molecular formula is C30H28ClFN2O3. The Morgan fingerprint density at radius 1 is 1.08 bits per heavy atom. The second-order valence-electron chi connectivity index (χ2n) is 8.43. The molecule has 0 amide bonds. The average molecular weight is 519 g/mol. The van der Waals surface area contributed by atoms with Gasteiger partial charge >= 0.3 is 5.97 Å². The molecule has 0 saturated carbocycles. The predicted molar refractivity (Wildman–Crippen MR) is 147 cm³/mol. The number of aromatic nitrogens is 2. The van der Waals surface area contributed by atoms with Crippen LogP contribution in [0.25, 0.3) is 28.1 Å². The number of carbonyl (C=O) groups is 1. The monoisotopic (exact) mass is 518 g/mol. The van der Waals surface area contributed by atoms with Gasteiger partial charge in [-0.25, -0.2) is 9.18 Å². The van der Waals surface area contributed by atoms with Gasteiger partial charge in [0.15, 0.2) is 0 Å². The summed E-state index contributed by atoms with van der Waals surface area (Å²) in [6.45, 7) is 4.56. The summed E-state index contributed by atoms with van der Waals surface area (Å²) >= 11 is 6.51. The van der Waals surface area contributed by atoms with Gasteiger partial charge in [-0.1, -0.05) is 54.9 Å². The summed E-state index contributed by atoms with van der Waals surface area (Å²) < 4.78 is 20.5. The lowest BCUT2D eigenvalue weighted by Gasteiger charge is -2.17. The lowest BCUT2D eigenvalue weighted by Crippen LogP contribution is -2.01. The molecule has 1 aromatic heterocycles. The Hall–Kier alpha value is -3.74. The zero-order valence-corrected chi connectivity index (χ0v) is 21.5. The highest BCUT2D eigenvalue weighted by atomic mass is 35.5. The molecule has 0 radical (unpaired) electrons. The van der Waals surface area contributed by atoms with Gasteiger partial charge in [0.2, 0.25) is 0 Å². The molecule has 0 atom stereocenters. The summed E-state index contributed by atoms with van der Waals surface area (Å²) in [6, 6.07) is 18.3. The number of benzene rings is 3. The van der Waals surface area contributed by atoms with Crippen molar-refractivity contribution in [3.63, 3.8) is 0 Å². The number of carbonyl (C=O) groups excluding carboxylic acids is 1. The van der Waals surface area contributed by atoms with Crippen molar-refractivity contribution in [2.75, 3.05) is 13.2 Å². The Morgan fingerprint density at radius 2 is 1.84 bits per heavy atom. The van der Waals surface area contributed by atoms with E-state index in [0.29, 0.717) is 24.6 Å². The Bertz CT molecular complexity index is 1470. The van der Waals surface area contributed by atoms with Gasteiger partial charge in [0.25, 0.3) is 0 Å². The molecule has 0 saturated heterocycles. The zero-order valence-electron chi connectivity index (χ0n) is 20.7. The van der Waals surface area contributed by atoms with E-state index in [2.05, 4.69) is 11.2 Å². The first kappa shape index (κ1) is 26.3. The highest BCUT2D eigenvalue weighted by Gasteiger charge is 2.17. The van der Waals surface area contributed by atoms with Gasteiger partial charge in [0, 0.05) is 17.7 Å². The Labute approximate surface area is 220 Å². The van der Waals surface area contributed by atoms with Gasteiger partial charge in [0.1, 0.15) is 5.82 Å². The molecule has 0 aliphatic heterocycles. The molecule has 7 heteroatoms. The lowest BCUT2D eigenvalue weighted by atomic mass is 9.87. The SMILES string of the molecule is CCOC(=O)C=Cc1ccc(C(=C(CC)c2ccc(F)cc2Cl)c2ccc3nn(CCO)cc3c2)cc1. The highest BCUT2D eigenvalue weighted by molar-refractivity contribution is 6.32. The van der Waals surface area contributed by atoms with Crippen LogP contribution in [0.4, 0.5) is 4.39 Å². The third-order valence-electron chi connectivity index (χ3n) is 5.98. The second-order valence-corrected chi connectivity index (χ2v) is 8.84. The Balaban J connectivity index is 1.86. The third-order valence-corrected chi connectivity index (χ3v) is 6.29. The molecule has 0 fully saturated rings. The quantitative estimate of drug-likeness (QED) is 0.151. The number of nitrogens with zero attached hydrogens (tertiary/aromatic N) is 2.